The molecule has 116 valence electrons. The summed E-state index contributed by atoms with van der Waals surface area (Å²) in [5.41, 5.74) is 3.59. The number of non-ortho nitro benzene ring substituents is 1. The van der Waals surface area contributed by atoms with E-state index in [-0.39, 0.29) is 10.6 Å². The van der Waals surface area contributed by atoms with Crippen LogP contribution in [0.2, 0.25) is 0 Å². The summed E-state index contributed by atoms with van der Waals surface area (Å²) in [5.74, 6) is 0. The van der Waals surface area contributed by atoms with Crippen molar-refractivity contribution in [2.45, 2.75) is 19.3 Å². The van der Waals surface area contributed by atoms with Crippen molar-refractivity contribution < 1.29 is 9.66 Å². The number of benzene rings is 1. The van der Waals surface area contributed by atoms with Crippen LogP contribution in [0, 0.1) is 10.1 Å². The van der Waals surface area contributed by atoms with Crippen LogP contribution in [0.3, 0.4) is 0 Å². The number of nitro groups is 1. The van der Waals surface area contributed by atoms with Gasteiger partial charge in [-0.05, 0) is 36.5 Å². The number of hydrogen-bond donors (Lipinski definition) is 0. The van der Waals surface area contributed by atoms with Gasteiger partial charge in [-0.25, -0.2) is 0 Å². The number of morpholine rings is 1. The molecule has 1 aromatic carbocycles. The number of allylic oxidation sites excluding steroid dienone is 2. The van der Waals surface area contributed by atoms with E-state index in [0.717, 1.165) is 51.1 Å². The SMILES string of the molecule is O=[N+]([O-])c1cccc(/C=C2\CCCC=C2N2CCOCC2)c1. The third-order valence-electron chi connectivity index (χ3n) is 4.09. The first-order chi connectivity index (χ1) is 10.7. The first-order valence-corrected chi connectivity index (χ1v) is 7.72. The lowest BCUT2D eigenvalue weighted by Crippen LogP contribution is -2.36. The van der Waals surface area contributed by atoms with E-state index in [1.807, 2.05) is 6.07 Å². The average molecular weight is 300 g/mol. The number of ether oxygens (including phenoxy) is 1. The Kier molecular flexibility index (Phi) is 4.53. The fourth-order valence-electron chi connectivity index (χ4n) is 3.00. The molecular weight excluding hydrogens is 280 g/mol. The minimum atomic E-state index is -0.346. The molecule has 5 nitrogen and oxygen atoms in total. The van der Waals surface area contributed by atoms with Gasteiger partial charge < -0.3 is 9.64 Å². The van der Waals surface area contributed by atoms with Crippen LogP contribution >= 0.6 is 0 Å². The second-order valence-electron chi connectivity index (χ2n) is 5.60. The molecule has 0 N–H and O–H groups in total. The molecule has 0 spiro atoms. The van der Waals surface area contributed by atoms with Crippen molar-refractivity contribution in [1.29, 1.82) is 0 Å². The Bertz CT molecular complexity index is 616. The maximum absolute atomic E-state index is 10.9. The third-order valence-corrected chi connectivity index (χ3v) is 4.09. The normalized spacial score (nSPS) is 20.8. The summed E-state index contributed by atoms with van der Waals surface area (Å²) in [6, 6.07) is 6.83. The lowest BCUT2D eigenvalue weighted by atomic mass is 9.95. The number of rotatable bonds is 3. The lowest BCUT2D eigenvalue weighted by Gasteiger charge is -2.34. The minimum absolute atomic E-state index is 0.141. The summed E-state index contributed by atoms with van der Waals surface area (Å²) in [7, 11) is 0. The molecule has 0 bridgehead atoms. The van der Waals surface area contributed by atoms with E-state index in [9.17, 15) is 10.1 Å². The fraction of sp³-hybridized carbons (Fsp3) is 0.412. The Morgan fingerprint density at radius 2 is 2.09 bits per heavy atom. The highest BCUT2D eigenvalue weighted by molar-refractivity contribution is 5.61. The van der Waals surface area contributed by atoms with E-state index in [1.165, 1.54) is 17.3 Å². The summed E-state index contributed by atoms with van der Waals surface area (Å²) in [5, 5.41) is 10.9. The van der Waals surface area contributed by atoms with Crippen molar-refractivity contribution in [2.75, 3.05) is 26.3 Å². The standard InChI is InChI=1S/C17H20N2O3/c20-19(21)16-6-3-4-14(13-16)12-15-5-1-2-7-17(15)18-8-10-22-11-9-18/h3-4,6-7,12-13H,1-2,5,8-11H2/b15-12+. The van der Waals surface area contributed by atoms with Gasteiger partial charge in [0, 0.05) is 30.9 Å². The first-order valence-electron chi connectivity index (χ1n) is 7.72. The molecule has 2 aliphatic rings. The van der Waals surface area contributed by atoms with Crippen molar-refractivity contribution in [2.24, 2.45) is 0 Å². The zero-order valence-electron chi connectivity index (χ0n) is 12.5. The molecule has 0 radical (unpaired) electrons. The van der Waals surface area contributed by atoms with Crippen LogP contribution in [0.4, 0.5) is 5.69 Å². The van der Waals surface area contributed by atoms with Gasteiger partial charge in [0.25, 0.3) is 5.69 Å². The average Bonchev–Trinajstić information content (AvgIpc) is 2.56. The third kappa shape index (κ3) is 3.36. The highest BCUT2D eigenvalue weighted by atomic mass is 16.6. The molecule has 0 atom stereocenters. The van der Waals surface area contributed by atoms with Crippen LogP contribution in [0.5, 0.6) is 0 Å². The number of nitrogens with zero attached hydrogens (tertiary/aromatic N) is 2. The molecule has 5 heteroatoms. The van der Waals surface area contributed by atoms with Crippen LogP contribution in [0.15, 0.2) is 41.6 Å². The Balaban J connectivity index is 1.87. The molecule has 1 aromatic rings. The van der Waals surface area contributed by atoms with Crippen molar-refractivity contribution in [3.8, 4) is 0 Å². The quantitative estimate of drug-likeness (QED) is 0.634. The van der Waals surface area contributed by atoms with Gasteiger partial charge in [0.05, 0.1) is 18.1 Å². The Morgan fingerprint density at radius 3 is 2.86 bits per heavy atom. The largest absolute Gasteiger partial charge is 0.378 e. The first kappa shape index (κ1) is 14.8. The minimum Gasteiger partial charge on any atom is -0.378 e. The van der Waals surface area contributed by atoms with Gasteiger partial charge in [-0.15, -0.1) is 0 Å². The maximum atomic E-state index is 10.9. The van der Waals surface area contributed by atoms with E-state index < -0.39 is 0 Å². The van der Waals surface area contributed by atoms with Gasteiger partial charge >= 0.3 is 0 Å². The van der Waals surface area contributed by atoms with Gasteiger partial charge in [0.1, 0.15) is 0 Å². The van der Waals surface area contributed by atoms with Gasteiger partial charge in [-0.1, -0.05) is 18.2 Å². The van der Waals surface area contributed by atoms with Gasteiger partial charge in [0.2, 0.25) is 0 Å². The molecule has 3 rings (SSSR count). The molecule has 1 aliphatic carbocycles. The highest BCUT2D eigenvalue weighted by Crippen LogP contribution is 2.29. The molecule has 1 saturated heterocycles. The van der Waals surface area contributed by atoms with Gasteiger partial charge in [-0.2, -0.15) is 0 Å². The highest BCUT2D eigenvalue weighted by Gasteiger charge is 2.19. The van der Waals surface area contributed by atoms with Crippen molar-refractivity contribution in [3.63, 3.8) is 0 Å². The molecule has 0 aromatic heterocycles. The summed E-state index contributed by atoms with van der Waals surface area (Å²) in [4.78, 5) is 12.9. The van der Waals surface area contributed by atoms with E-state index in [2.05, 4.69) is 17.1 Å². The predicted octanol–water partition coefficient (Wildman–Crippen LogP) is 3.38. The van der Waals surface area contributed by atoms with E-state index >= 15 is 0 Å². The van der Waals surface area contributed by atoms with Gasteiger partial charge in [-0.3, -0.25) is 10.1 Å². The summed E-state index contributed by atoms with van der Waals surface area (Å²) >= 11 is 0. The lowest BCUT2D eigenvalue weighted by molar-refractivity contribution is -0.384. The van der Waals surface area contributed by atoms with Crippen LogP contribution in [-0.4, -0.2) is 36.1 Å². The predicted molar refractivity (Wildman–Crippen MR) is 85.4 cm³/mol. The molecule has 1 heterocycles. The molecule has 0 saturated carbocycles. The van der Waals surface area contributed by atoms with E-state index in [1.54, 1.807) is 12.1 Å². The molecule has 22 heavy (non-hydrogen) atoms. The molecular formula is C17H20N2O3. The van der Waals surface area contributed by atoms with Gasteiger partial charge in [0.15, 0.2) is 0 Å². The van der Waals surface area contributed by atoms with Crippen molar-refractivity contribution in [1.82, 2.24) is 4.90 Å². The van der Waals surface area contributed by atoms with E-state index in [4.69, 9.17) is 4.74 Å². The Labute approximate surface area is 130 Å². The molecule has 0 unspecified atom stereocenters. The number of hydrogen-bond acceptors (Lipinski definition) is 4. The molecule has 0 amide bonds. The topological polar surface area (TPSA) is 55.6 Å². The Morgan fingerprint density at radius 1 is 1.27 bits per heavy atom. The van der Waals surface area contributed by atoms with E-state index in [0.29, 0.717) is 0 Å². The number of nitro benzene ring substituents is 1. The molecule has 1 aliphatic heterocycles. The zero-order chi connectivity index (χ0) is 15.4. The summed E-state index contributed by atoms with van der Waals surface area (Å²) in [6.45, 7) is 3.36. The van der Waals surface area contributed by atoms with Crippen LogP contribution in [-0.2, 0) is 4.74 Å². The second kappa shape index (κ2) is 6.75. The Hall–Kier alpha value is -2.14. The summed E-state index contributed by atoms with van der Waals surface area (Å²) in [6.07, 6.45) is 7.63. The summed E-state index contributed by atoms with van der Waals surface area (Å²) < 4.78 is 5.42. The molecule has 1 fully saturated rings. The van der Waals surface area contributed by atoms with Crippen LogP contribution < -0.4 is 0 Å². The smallest absolute Gasteiger partial charge is 0.270 e. The maximum Gasteiger partial charge on any atom is 0.270 e. The van der Waals surface area contributed by atoms with Crippen LogP contribution in [0.25, 0.3) is 6.08 Å². The second-order valence-corrected chi connectivity index (χ2v) is 5.60. The monoisotopic (exact) mass is 300 g/mol. The zero-order valence-corrected chi connectivity index (χ0v) is 12.5. The fourth-order valence-corrected chi connectivity index (χ4v) is 3.00. The van der Waals surface area contributed by atoms with Crippen LogP contribution in [0.1, 0.15) is 24.8 Å². The van der Waals surface area contributed by atoms with Crippen molar-refractivity contribution >= 4 is 11.8 Å². The van der Waals surface area contributed by atoms with Crippen molar-refractivity contribution in [3.05, 3.63) is 57.3 Å².